The fourth-order valence-corrected chi connectivity index (χ4v) is 4.46. The number of rotatable bonds is 6. The minimum atomic E-state index is -0.790. The summed E-state index contributed by atoms with van der Waals surface area (Å²) in [6, 6.07) is 9.28. The van der Waals surface area contributed by atoms with Crippen molar-refractivity contribution in [2.45, 2.75) is 70.7 Å². The van der Waals surface area contributed by atoms with Crippen molar-refractivity contribution in [3.05, 3.63) is 47.2 Å². The summed E-state index contributed by atoms with van der Waals surface area (Å²) in [4.78, 5) is 12.8. The highest BCUT2D eigenvalue weighted by Gasteiger charge is 2.58. The smallest absolute Gasteiger partial charge is 0.337 e. The fraction of sp³-hybridized carbons (Fsp3) is 0.545. The average Bonchev–Trinajstić information content (AvgIpc) is 3.18. The van der Waals surface area contributed by atoms with E-state index in [-0.39, 0.29) is 6.61 Å². The minimum Gasteiger partial charge on any atom is -0.463 e. The van der Waals surface area contributed by atoms with Crippen LogP contribution in [-0.4, -0.2) is 54.1 Å². The number of esters is 1. The van der Waals surface area contributed by atoms with E-state index in [0.29, 0.717) is 23.0 Å². The van der Waals surface area contributed by atoms with Gasteiger partial charge in [0.1, 0.15) is 18.3 Å². The Bertz CT molecular complexity index is 874. The van der Waals surface area contributed by atoms with E-state index in [1.165, 1.54) is 0 Å². The number of hydrogen-bond acceptors (Lipinski definition) is 7. The molecule has 1 unspecified atom stereocenters. The lowest BCUT2D eigenvalue weighted by Gasteiger charge is -2.36. The van der Waals surface area contributed by atoms with Crippen LogP contribution in [0.2, 0.25) is 0 Å². The highest BCUT2D eigenvalue weighted by Crippen LogP contribution is 2.41. The monoisotopic (exact) mass is 448 g/mol. The van der Waals surface area contributed by atoms with E-state index in [4.69, 9.17) is 35.9 Å². The Morgan fingerprint density at radius 1 is 1.19 bits per heavy atom. The van der Waals surface area contributed by atoms with Crippen molar-refractivity contribution in [3.8, 4) is 0 Å². The molecule has 0 spiro atoms. The van der Waals surface area contributed by atoms with Gasteiger partial charge in [0.05, 0.1) is 24.8 Å². The predicted molar refractivity (Wildman–Crippen MR) is 116 cm³/mol. The van der Waals surface area contributed by atoms with Crippen LogP contribution in [0.1, 0.15) is 33.3 Å². The molecule has 0 saturated carbocycles. The molecule has 0 aliphatic carbocycles. The van der Waals surface area contributed by atoms with Crippen LogP contribution in [-0.2, 0) is 35.1 Å². The average molecular weight is 449 g/mol. The zero-order chi connectivity index (χ0) is 22.2. The van der Waals surface area contributed by atoms with Gasteiger partial charge < -0.3 is 34.3 Å². The molecule has 0 radical (unpaired) electrons. The summed E-state index contributed by atoms with van der Waals surface area (Å²) < 4.78 is 29.9. The zero-order valence-electron chi connectivity index (χ0n) is 18.0. The van der Waals surface area contributed by atoms with Crippen LogP contribution >= 0.6 is 12.2 Å². The van der Waals surface area contributed by atoms with Crippen molar-refractivity contribution in [2.24, 2.45) is 0 Å². The molecule has 3 heterocycles. The first-order chi connectivity index (χ1) is 14.8. The van der Waals surface area contributed by atoms with Crippen molar-refractivity contribution >= 4 is 23.3 Å². The van der Waals surface area contributed by atoms with E-state index in [1.807, 2.05) is 44.2 Å². The highest BCUT2D eigenvalue weighted by atomic mass is 32.1. The number of fused-ring (bicyclic) bond motifs is 1. The van der Waals surface area contributed by atoms with Crippen LogP contribution in [0.3, 0.4) is 0 Å². The van der Waals surface area contributed by atoms with Gasteiger partial charge in [0, 0.05) is 5.70 Å². The molecule has 168 valence electrons. The Morgan fingerprint density at radius 3 is 2.65 bits per heavy atom. The lowest BCUT2D eigenvalue weighted by Crippen LogP contribution is -2.58. The summed E-state index contributed by atoms with van der Waals surface area (Å²) in [7, 11) is 0. The molecule has 2 N–H and O–H groups in total. The van der Waals surface area contributed by atoms with E-state index >= 15 is 0 Å². The van der Waals surface area contributed by atoms with E-state index in [2.05, 4.69) is 10.6 Å². The van der Waals surface area contributed by atoms with Crippen molar-refractivity contribution in [2.75, 3.05) is 6.61 Å². The predicted octanol–water partition coefficient (Wildman–Crippen LogP) is 2.13. The molecule has 8 nitrogen and oxygen atoms in total. The maximum Gasteiger partial charge on any atom is 0.337 e. The first-order valence-corrected chi connectivity index (χ1v) is 10.8. The minimum absolute atomic E-state index is 0.262. The highest BCUT2D eigenvalue weighted by molar-refractivity contribution is 7.80. The molecule has 3 aliphatic heterocycles. The van der Waals surface area contributed by atoms with Crippen LogP contribution in [0.25, 0.3) is 0 Å². The number of ether oxygens (including phenoxy) is 5. The van der Waals surface area contributed by atoms with E-state index in [1.54, 1.807) is 13.8 Å². The molecule has 4 rings (SSSR count). The first kappa shape index (κ1) is 22.2. The first-order valence-electron chi connectivity index (χ1n) is 10.4. The molecule has 0 aromatic heterocycles. The number of thiocarbonyl (C=S) groups is 1. The molecule has 0 bridgehead atoms. The van der Waals surface area contributed by atoms with Crippen LogP contribution in [0.5, 0.6) is 0 Å². The van der Waals surface area contributed by atoms with E-state index < -0.39 is 42.4 Å². The molecule has 3 aliphatic rings. The summed E-state index contributed by atoms with van der Waals surface area (Å²) in [5.74, 6) is -1.22. The summed E-state index contributed by atoms with van der Waals surface area (Å²) in [6.45, 7) is 7.86. The molecule has 2 saturated heterocycles. The van der Waals surface area contributed by atoms with Gasteiger partial charge in [-0.3, -0.25) is 0 Å². The normalized spacial score (nSPS) is 31.7. The van der Waals surface area contributed by atoms with Crippen molar-refractivity contribution in [1.29, 1.82) is 0 Å². The van der Waals surface area contributed by atoms with Gasteiger partial charge in [0.25, 0.3) is 0 Å². The Kier molecular flexibility index (Phi) is 6.32. The number of nitrogens with one attached hydrogen (secondary N) is 2. The second-order valence-corrected chi connectivity index (χ2v) is 8.57. The largest absolute Gasteiger partial charge is 0.463 e. The lowest BCUT2D eigenvalue weighted by atomic mass is 9.93. The number of allylic oxidation sites excluding steroid dienone is 1. The third kappa shape index (κ3) is 4.61. The molecular weight excluding hydrogens is 420 g/mol. The molecule has 1 aromatic carbocycles. The molecule has 31 heavy (non-hydrogen) atoms. The SMILES string of the molecule is CCOC(=O)C1=C(C)NC(=S)NC1[C@H]1O[C@@H]2OC(C)(C)O[C@@H]2[C@H]1OCc1ccccc1. The fourth-order valence-electron chi connectivity index (χ4n) is 4.18. The number of carbonyl (C=O) groups excluding carboxylic acids is 1. The summed E-state index contributed by atoms with van der Waals surface area (Å²) >= 11 is 5.35. The maximum absolute atomic E-state index is 12.8. The Balaban J connectivity index is 1.63. The van der Waals surface area contributed by atoms with Crippen molar-refractivity contribution in [1.82, 2.24) is 10.6 Å². The van der Waals surface area contributed by atoms with Gasteiger partial charge in [-0.05, 0) is 45.5 Å². The molecule has 0 amide bonds. The van der Waals surface area contributed by atoms with E-state index in [9.17, 15) is 4.79 Å². The summed E-state index contributed by atoms with van der Waals surface area (Å²) in [6.07, 6.45) is -2.14. The summed E-state index contributed by atoms with van der Waals surface area (Å²) in [5.41, 5.74) is 2.07. The van der Waals surface area contributed by atoms with Crippen molar-refractivity contribution < 1.29 is 28.5 Å². The van der Waals surface area contributed by atoms with Crippen LogP contribution in [0, 0.1) is 0 Å². The third-order valence-corrected chi connectivity index (χ3v) is 5.66. The van der Waals surface area contributed by atoms with Gasteiger partial charge in [0.15, 0.2) is 17.2 Å². The van der Waals surface area contributed by atoms with Gasteiger partial charge >= 0.3 is 5.97 Å². The second kappa shape index (κ2) is 8.84. The molecule has 1 aromatic rings. The Morgan fingerprint density at radius 2 is 1.94 bits per heavy atom. The van der Waals surface area contributed by atoms with Crippen LogP contribution in [0.15, 0.2) is 41.6 Å². The number of benzene rings is 1. The standard InChI is InChI=1S/C22H28N2O6S/c1-5-26-19(25)14-12(2)23-21(31)24-15(14)16-17(27-11-13-9-7-6-8-10-13)18-20(28-16)30-22(3,4)29-18/h6-10,15-18,20H,5,11H2,1-4H3,(H2,23,24,31)/t15?,16-,17+,18-,20-/m1/s1. The van der Waals surface area contributed by atoms with Gasteiger partial charge in [-0.1, -0.05) is 30.3 Å². The Labute approximate surface area is 187 Å². The number of carbonyl (C=O) groups is 1. The second-order valence-electron chi connectivity index (χ2n) is 8.17. The van der Waals surface area contributed by atoms with Crippen LogP contribution < -0.4 is 10.6 Å². The molecule has 2 fully saturated rings. The lowest BCUT2D eigenvalue weighted by molar-refractivity contribution is -0.221. The molecule has 5 atom stereocenters. The van der Waals surface area contributed by atoms with Gasteiger partial charge in [-0.15, -0.1) is 0 Å². The number of hydrogen-bond donors (Lipinski definition) is 2. The molecular formula is C22H28N2O6S. The quantitative estimate of drug-likeness (QED) is 0.502. The van der Waals surface area contributed by atoms with Gasteiger partial charge in [-0.2, -0.15) is 0 Å². The maximum atomic E-state index is 12.8. The van der Waals surface area contributed by atoms with Gasteiger partial charge in [-0.25, -0.2) is 4.79 Å². The zero-order valence-corrected chi connectivity index (χ0v) is 18.9. The van der Waals surface area contributed by atoms with Crippen LogP contribution in [0.4, 0.5) is 0 Å². The topological polar surface area (TPSA) is 87.3 Å². The molecule has 9 heteroatoms. The third-order valence-electron chi connectivity index (χ3n) is 5.44. The van der Waals surface area contributed by atoms with Crippen molar-refractivity contribution in [3.63, 3.8) is 0 Å². The van der Waals surface area contributed by atoms with E-state index in [0.717, 1.165) is 5.56 Å². The summed E-state index contributed by atoms with van der Waals surface area (Å²) in [5, 5.41) is 6.56. The Hall–Kier alpha value is -2.04. The van der Waals surface area contributed by atoms with Gasteiger partial charge in [0.2, 0.25) is 0 Å².